The predicted octanol–water partition coefficient (Wildman–Crippen LogP) is -0.710. The lowest BCUT2D eigenvalue weighted by Gasteiger charge is -1.88. The maximum atomic E-state index is 10.5. The topological polar surface area (TPSA) is 108 Å². The van der Waals surface area contributed by atoms with Crippen LogP contribution in [0.15, 0.2) is 0 Å². The summed E-state index contributed by atoms with van der Waals surface area (Å²) in [4.78, 5) is 33.3. The summed E-state index contributed by atoms with van der Waals surface area (Å²) in [6.45, 7) is 0. The molecule has 0 saturated heterocycles. The van der Waals surface area contributed by atoms with Crippen molar-refractivity contribution in [1.29, 1.82) is 0 Å². The Bertz CT molecular complexity index is 251. The molecule has 6 nitrogen and oxygen atoms in total. The molecule has 0 aromatic carbocycles. The van der Waals surface area contributed by atoms with Crippen LogP contribution in [-0.4, -0.2) is 33.6 Å². The molecule has 0 aromatic rings. The van der Waals surface area contributed by atoms with Crippen LogP contribution in [0.1, 0.15) is 12.8 Å². The molecule has 0 bridgehead atoms. The van der Waals surface area contributed by atoms with Crippen molar-refractivity contribution in [2.45, 2.75) is 12.8 Å². The van der Waals surface area contributed by atoms with Gasteiger partial charge in [0, 0.05) is 12.8 Å². The van der Waals surface area contributed by atoms with Crippen molar-refractivity contribution in [3.63, 3.8) is 0 Å². The van der Waals surface area contributed by atoms with Gasteiger partial charge in [-0.05, 0) is 0 Å². The van der Waals surface area contributed by atoms with Crippen molar-refractivity contribution >= 4 is 23.8 Å². The molecule has 1 N–H and O–H groups in total. The lowest BCUT2D eigenvalue weighted by Crippen LogP contribution is -2.14. The van der Waals surface area contributed by atoms with Gasteiger partial charge in [-0.3, -0.25) is 9.59 Å². The molecule has 0 spiro atoms. The summed E-state index contributed by atoms with van der Waals surface area (Å²) in [5.41, 5.74) is 7.86. The molecule has 0 aliphatic carbocycles. The zero-order valence-electron chi connectivity index (χ0n) is 6.06. The molecule has 0 aromatic heterocycles. The van der Waals surface area contributed by atoms with Crippen molar-refractivity contribution in [3.8, 4) is 0 Å². The van der Waals surface area contributed by atoms with Gasteiger partial charge in [0.05, 0.1) is 0 Å². The Kier molecular flexibility index (Phi) is 4.18. The smallest absolute Gasteiger partial charge is 0.372 e. The minimum atomic E-state index is -1.57. The van der Waals surface area contributed by atoms with E-state index >= 15 is 0 Å². The van der Waals surface area contributed by atoms with E-state index in [1.807, 2.05) is 0 Å². The van der Waals surface area contributed by atoms with E-state index in [1.165, 1.54) is 0 Å². The minimum Gasteiger partial charge on any atom is -0.476 e. The molecule has 0 heterocycles. The van der Waals surface area contributed by atoms with Gasteiger partial charge in [-0.25, -0.2) is 4.79 Å². The Hall–Kier alpha value is -1.81. The summed E-state index contributed by atoms with van der Waals surface area (Å²) in [5.74, 6) is -3.19. The average molecular weight is 170 g/mol. The number of Topliss-reactive ketones (excluding diaryl/α,β-unsaturated/α-hetero) is 2. The second kappa shape index (κ2) is 4.92. The Balaban J connectivity index is 3.84. The third-order valence-electron chi connectivity index (χ3n) is 1.04. The van der Waals surface area contributed by atoms with Crippen molar-refractivity contribution in [1.82, 2.24) is 0 Å². The molecule has 0 unspecified atom stereocenters. The number of hydrogen-bond acceptors (Lipinski definition) is 3. The van der Waals surface area contributed by atoms with E-state index in [-0.39, 0.29) is 12.8 Å². The highest BCUT2D eigenvalue weighted by atomic mass is 16.4. The van der Waals surface area contributed by atoms with Crippen LogP contribution in [0.4, 0.5) is 0 Å². The quantitative estimate of drug-likeness (QED) is 0.254. The minimum absolute atomic E-state index is 0.255. The van der Waals surface area contributed by atoms with E-state index in [2.05, 4.69) is 4.79 Å². The summed E-state index contributed by atoms with van der Waals surface area (Å²) >= 11 is 0. The average Bonchev–Trinajstić information content (AvgIpc) is 2.00. The van der Waals surface area contributed by atoms with Crippen LogP contribution in [0.2, 0.25) is 0 Å². The molecule has 0 aliphatic heterocycles. The Morgan fingerprint density at radius 3 is 2.33 bits per heavy atom. The molecule has 6 heteroatoms. The molecule has 12 heavy (non-hydrogen) atoms. The van der Waals surface area contributed by atoms with Crippen molar-refractivity contribution < 1.29 is 24.3 Å². The lowest BCUT2D eigenvalue weighted by molar-refractivity contribution is -0.149. The second-order valence-electron chi connectivity index (χ2n) is 1.94. The van der Waals surface area contributed by atoms with Gasteiger partial charge in [-0.2, -0.15) is 4.79 Å². The van der Waals surface area contributed by atoms with Gasteiger partial charge in [0.1, 0.15) is 0 Å². The summed E-state index contributed by atoms with van der Waals surface area (Å²) in [5, 5.41) is 8.08. The normalized spacial score (nSPS) is 8.33. The third-order valence-corrected chi connectivity index (χ3v) is 1.04. The van der Waals surface area contributed by atoms with Gasteiger partial charge < -0.3 is 10.6 Å². The van der Waals surface area contributed by atoms with Crippen LogP contribution in [0.3, 0.4) is 0 Å². The standard InChI is InChI=1S/C6H6N2O4/c7-8-3-4(9)1-2-5(10)6(11)12/h3H,1-2H2,(H,11,12). The van der Waals surface area contributed by atoms with E-state index in [0.717, 1.165) is 0 Å². The highest BCUT2D eigenvalue weighted by Crippen LogP contribution is 1.90. The van der Waals surface area contributed by atoms with Gasteiger partial charge in [-0.15, -0.1) is 0 Å². The van der Waals surface area contributed by atoms with Crippen LogP contribution in [0.5, 0.6) is 0 Å². The van der Waals surface area contributed by atoms with Crippen molar-refractivity contribution in [2.24, 2.45) is 0 Å². The Morgan fingerprint density at radius 2 is 1.92 bits per heavy atom. The number of carboxylic acids is 1. The fraction of sp³-hybridized carbons (Fsp3) is 0.333. The zero-order chi connectivity index (χ0) is 9.56. The first-order valence-corrected chi connectivity index (χ1v) is 3.04. The number of aliphatic carboxylic acids is 1. The molecular formula is C6H6N2O4. The highest BCUT2D eigenvalue weighted by molar-refractivity contribution is 6.34. The van der Waals surface area contributed by atoms with Gasteiger partial charge in [0.25, 0.3) is 0 Å². The predicted molar refractivity (Wildman–Crippen MR) is 36.6 cm³/mol. The zero-order valence-corrected chi connectivity index (χ0v) is 6.06. The molecule has 64 valence electrons. The lowest BCUT2D eigenvalue weighted by atomic mass is 10.2. The number of carbonyl (C=O) groups is 3. The summed E-state index contributed by atoms with van der Waals surface area (Å²) < 4.78 is 0. The Morgan fingerprint density at radius 1 is 1.33 bits per heavy atom. The first-order valence-electron chi connectivity index (χ1n) is 3.04. The number of carbonyl (C=O) groups excluding carboxylic acids is 2. The van der Waals surface area contributed by atoms with Crippen molar-refractivity contribution in [3.05, 3.63) is 5.53 Å². The van der Waals surface area contributed by atoms with Crippen LogP contribution in [-0.2, 0) is 14.4 Å². The van der Waals surface area contributed by atoms with E-state index in [4.69, 9.17) is 10.6 Å². The summed E-state index contributed by atoms with van der Waals surface area (Å²) in [6.07, 6.45) is -0.00941. The fourth-order valence-electron chi connectivity index (χ4n) is 0.473. The fourth-order valence-corrected chi connectivity index (χ4v) is 0.473. The van der Waals surface area contributed by atoms with Gasteiger partial charge in [-0.1, -0.05) is 0 Å². The molecule has 0 atom stereocenters. The van der Waals surface area contributed by atoms with Crippen molar-refractivity contribution in [2.75, 3.05) is 0 Å². The molecular weight excluding hydrogens is 164 g/mol. The van der Waals surface area contributed by atoms with Gasteiger partial charge >= 0.3 is 12.2 Å². The van der Waals surface area contributed by atoms with Crippen LogP contribution in [0.25, 0.3) is 5.53 Å². The summed E-state index contributed by atoms with van der Waals surface area (Å²) in [6, 6.07) is 0. The highest BCUT2D eigenvalue weighted by Gasteiger charge is 2.13. The van der Waals surface area contributed by atoms with Crippen LogP contribution < -0.4 is 0 Å². The molecule has 0 amide bonds. The summed E-state index contributed by atoms with van der Waals surface area (Å²) in [7, 11) is 0. The van der Waals surface area contributed by atoms with Gasteiger partial charge in [0.15, 0.2) is 0 Å². The van der Waals surface area contributed by atoms with Crippen LogP contribution >= 0.6 is 0 Å². The molecule has 0 radical (unpaired) electrons. The first-order chi connectivity index (χ1) is 5.57. The second-order valence-corrected chi connectivity index (χ2v) is 1.94. The number of hydrogen-bond donors (Lipinski definition) is 1. The molecule has 0 fully saturated rings. The SMILES string of the molecule is [N-]=[N+]=CC(=O)CCC(=O)C(=O)O. The Labute approximate surface area is 67.4 Å². The van der Waals surface area contributed by atoms with E-state index < -0.39 is 17.5 Å². The number of rotatable bonds is 5. The number of nitrogens with zero attached hydrogens (tertiary/aromatic N) is 2. The third kappa shape index (κ3) is 4.08. The first kappa shape index (κ1) is 10.2. The van der Waals surface area contributed by atoms with Crippen LogP contribution in [0, 0.1) is 0 Å². The number of ketones is 2. The van der Waals surface area contributed by atoms with E-state index in [0.29, 0.717) is 6.21 Å². The molecule has 0 saturated carbocycles. The van der Waals surface area contributed by atoms with E-state index in [9.17, 15) is 14.4 Å². The number of carboxylic acid groups (broad SMARTS) is 1. The monoisotopic (exact) mass is 170 g/mol. The largest absolute Gasteiger partial charge is 0.476 e. The maximum Gasteiger partial charge on any atom is 0.372 e. The van der Waals surface area contributed by atoms with E-state index in [1.54, 1.807) is 0 Å². The molecule has 0 rings (SSSR count). The maximum absolute atomic E-state index is 10.5. The van der Waals surface area contributed by atoms with Gasteiger partial charge in [0.2, 0.25) is 11.6 Å². The molecule has 0 aliphatic rings.